The van der Waals surface area contributed by atoms with Gasteiger partial charge in [-0.2, -0.15) is 4.31 Å². The van der Waals surface area contributed by atoms with Crippen molar-refractivity contribution in [3.63, 3.8) is 0 Å². The van der Waals surface area contributed by atoms with Crippen molar-refractivity contribution in [3.05, 3.63) is 47.1 Å². The van der Waals surface area contributed by atoms with E-state index in [1.54, 1.807) is 58.6 Å². The van der Waals surface area contributed by atoms with Crippen LogP contribution in [0.3, 0.4) is 0 Å². The molecule has 1 atom stereocenters. The highest BCUT2D eigenvalue weighted by atomic mass is 35.5. The number of pyridine rings is 1. The number of halogens is 3. The summed E-state index contributed by atoms with van der Waals surface area (Å²) in [6.07, 6.45) is -0.138. The molecule has 1 aromatic carbocycles. The maximum Gasteiger partial charge on any atom is 0.407 e. The number of amides is 5. The van der Waals surface area contributed by atoms with Crippen LogP contribution in [0.25, 0.3) is 0 Å². The third-order valence-electron chi connectivity index (χ3n) is 10.0. The van der Waals surface area contributed by atoms with Gasteiger partial charge >= 0.3 is 18.2 Å². The summed E-state index contributed by atoms with van der Waals surface area (Å²) in [5.41, 5.74) is -1.12. The van der Waals surface area contributed by atoms with Gasteiger partial charge in [-0.15, -0.1) is 0 Å². The molecule has 0 unspecified atom stereocenters. The summed E-state index contributed by atoms with van der Waals surface area (Å²) in [6.45, 7) is 11.5. The Morgan fingerprint density at radius 3 is 2.03 bits per heavy atom. The minimum atomic E-state index is -3.93. The highest BCUT2D eigenvalue weighted by molar-refractivity contribution is 7.89. The van der Waals surface area contributed by atoms with Crippen molar-refractivity contribution < 1.29 is 45.9 Å². The Morgan fingerprint density at radius 1 is 0.831 bits per heavy atom. The molecule has 2 aliphatic heterocycles. The van der Waals surface area contributed by atoms with Crippen molar-refractivity contribution in [3.8, 4) is 0 Å². The van der Waals surface area contributed by atoms with Gasteiger partial charge in [0.05, 0.1) is 10.9 Å². The number of carbonyl (C=O) groups excluding carboxylic acids is 4. The standard InChI is InChI=1S/C39H55ClF2N8O8S/c1-37(2,3)57-35(53)44-16-15-43-34(52)45-27-9-7-25(8-10-27)39(41,42)26-21-31(40)47-32(22-26)48-17-19-49(20-18-48)59(55,56)30-13-11-29(12-14-30)50-24-28(23-33(50)51)46-36(54)58-38(4,5)6/h11-14,21-22,25,27-28H,7-10,15-20,23-24H2,1-6H3,(H,44,53)(H,46,54)(H2,43,45,52)/t25?,27?,28-/m1/s1. The molecule has 4 N–H and O–H groups in total. The molecule has 3 fully saturated rings. The van der Waals surface area contributed by atoms with Crippen LogP contribution < -0.4 is 31.1 Å². The lowest BCUT2D eigenvalue weighted by Crippen LogP contribution is -2.49. The molecule has 5 rings (SSSR count). The summed E-state index contributed by atoms with van der Waals surface area (Å²) in [5, 5.41) is 10.6. The Morgan fingerprint density at radius 2 is 1.42 bits per heavy atom. The Hall–Kier alpha value is -4.49. The number of nitrogens with zero attached hydrogens (tertiary/aromatic N) is 4. The molecule has 1 saturated carbocycles. The van der Waals surface area contributed by atoms with Gasteiger partial charge in [-0.3, -0.25) is 4.79 Å². The molecule has 2 aromatic rings. The highest BCUT2D eigenvalue weighted by Gasteiger charge is 2.44. The Kier molecular flexibility index (Phi) is 14.2. The minimum Gasteiger partial charge on any atom is -0.444 e. The van der Waals surface area contributed by atoms with Gasteiger partial charge in [0.1, 0.15) is 22.2 Å². The largest absolute Gasteiger partial charge is 0.444 e. The molecule has 326 valence electrons. The maximum absolute atomic E-state index is 16.0. The SMILES string of the molecule is CC(C)(C)OC(=O)NCCNC(=O)NC1CCC(C(F)(F)c2cc(Cl)nc(N3CCN(S(=O)(=O)c4ccc(N5C[C@H](NC(=O)OC(C)(C)C)CC5=O)cc4)CC3)c2)CC1. The molecule has 2 saturated heterocycles. The lowest BCUT2D eigenvalue weighted by molar-refractivity contribution is -0.117. The predicted molar refractivity (Wildman–Crippen MR) is 217 cm³/mol. The molecule has 1 aromatic heterocycles. The van der Waals surface area contributed by atoms with Gasteiger partial charge in [0, 0.05) is 75.4 Å². The number of hydrogen-bond acceptors (Lipinski definition) is 10. The van der Waals surface area contributed by atoms with Crippen molar-refractivity contribution >= 4 is 57.3 Å². The summed E-state index contributed by atoms with van der Waals surface area (Å²) in [7, 11) is -3.93. The minimum absolute atomic E-state index is 0.0331. The van der Waals surface area contributed by atoms with Crippen LogP contribution in [0.2, 0.25) is 5.15 Å². The molecule has 20 heteroatoms. The number of benzene rings is 1. The molecule has 3 aliphatic rings. The van der Waals surface area contributed by atoms with Crippen LogP contribution in [0.5, 0.6) is 0 Å². The fourth-order valence-electron chi connectivity index (χ4n) is 7.20. The van der Waals surface area contributed by atoms with Gasteiger partial charge in [0.15, 0.2) is 0 Å². The zero-order valence-electron chi connectivity index (χ0n) is 34.3. The summed E-state index contributed by atoms with van der Waals surface area (Å²) in [5.74, 6) is -4.25. The quantitative estimate of drug-likeness (QED) is 0.169. The average Bonchev–Trinajstić information content (AvgIpc) is 3.51. The van der Waals surface area contributed by atoms with E-state index in [1.165, 1.54) is 27.4 Å². The fraction of sp³-hybridized carbons (Fsp3) is 0.615. The van der Waals surface area contributed by atoms with E-state index in [-0.39, 0.29) is 98.5 Å². The van der Waals surface area contributed by atoms with Crippen molar-refractivity contribution in [1.82, 2.24) is 30.6 Å². The van der Waals surface area contributed by atoms with E-state index in [0.29, 0.717) is 18.5 Å². The van der Waals surface area contributed by atoms with E-state index in [1.807, 2.05) is 0 Å². The monoisotopic (exact) mass is 868 g/mol. The summed E-state index contributed by atoms with van der Waals surface area (Å²) < 4.78 is 71.0. The molecular formula is C39H55ClF2N8O8S. The molecule has 5 amide bonds. The lowest BCUT2D eigenvalue weighted by atomic mass is 9.80. The average molecular weight is 869 g/mol. The summed E-state index contributed by atoms with van der Waals surface area (Å²) in [4.78, 5) is 56.6. The van der Waals surface area contributed by atoms with Crippen LogP contribution in [0.15, 0.2) is 41.3 Å². The number of alkyl halides is 2. The number of aromatic nitrogens is 1. The Balaban J connectivity index is 1.10. The lowest BCUT2D eigenvalue weighted by Gasteiger charge is -2.36. The number of rotatable bonds is 11. The number of alkyl carbamates (subject to hydrolysis) is 2. The van der Waals surface area contributed by atoms with E-state index in [4.69, 9.17) is 21.1 Å². The third kappa shape index (κ3) is 12.5. The summed E-state index contributed by atoms with van der Waals surface area (Å²) in [6, 6.07) is 7.21. The van der Waals surface area contributed by atoms with Crippen molar-refractivity contribution in [2.75, 3.05) is 55.6 Å². The van der Waals surface area contributed by atoms with E-state index in [2.05, 4.69) is 26.3 Å². The number of anilines is 2. The van der Waals surface area contributed by atoms with Gasteiger partial charge in [0.25, 0.3) is 5.92 Å². The molecule has 3 heterocycles. The van der Waals surface area contributed by atoms with Crippen molar-refractivity contribution in [2.45, 2.75) is 108 Å². The van der Waals surface area contributed by atoms with E-state index in [9.17, 15) is 27.6 Å². The molecule has 0 bridgehead atoms. The first-order valence-electron chi connectivity index (χ1n) is 19.7. The van der Waals surface area contributed by atoms with Gasteiger partial charge in [0.2, 0.25) is 15.9 Å². The molecule has 59 heavy (non-hydrogen) atoms. The number of nitrogens with one attached hydrogen (secondary N) is 4. The van der Waals surface area contributed by atoms with Crippen LogP contribution in [0, 0.1) is 5.92 Å². The molecule has 1 aliphatic carbocycles. The van der Waals surface area contributed by atoms with Gasteiger partial charge in [-0.25, -0.2) is 36.6 Å². The third-order valence-corrected chi connectivity index (χ3v) is 12.1. The first-order chi connectivity index (χ1) is 27.5. The van der Waals surface area contributed by atoms with Crippen LogP contribution in [0.4, 0.5) is 34.7 Å². The number of carbonyl (C=O) groups is 4. The highest BCUT2D eigenvalue weighted by Crippen LogP contribution is 2.45. The molecule has 0 spiro atoms. The van der Waals surface area contributed by atoms with Crippen molar-refractivity contribution in [1.29, 1.82) is 0 Å². The summed E-state index contributed by atoms with van der Waals surface area (Å²) >= 11 is 6.28. The van der Waals surface area contributed by atoms with E-state index in [0.717, 1.165) is 6.07 Å². The number of urea groups is 1. The predicted octanol–water partition coefficient (Wildman–Crippen LogP) is 5.35. The number of ether oxygens (including phenoxy) is 2. The molecular weight excluding hydrogens is 814 g/mol. The van der Waals surface area contributed by atoms with Crippen LogP contribution in [-0.4, -0.2) is 111 Å². The van der Waals surface area contributed by atoms with Crippen LogP contribution >= 0.6 is 11.6 Å². The maximum atomic E-state index is 16.0. The normalized spacial score (nSPS) is 20.8. The van der Waals surface area contributed by atoms with E-state index < -0.39 is 57.3 Å². The van der Waals surface area contributed by atoms with Crippen molar-refractivity contribution in [2.24, 2.45) is 5.92 Å². The number of sulfonamides is 1. The molecule has 0 radical (unpaired) electrons. The second-order valence-corrected chi connectivity index (χ2v) is 19.3. The van der Waals surface area contributed by atoms with Gasteiger partial charge in [-0.05, 0) is 104 Å². The second kappa shape index (κ2) is 18.4. The zero-order chi connectivity index (χ0) is 43.3. The first kappa shape index (κ1) is 45.6. The first-order valence-corrected chi connectivity index (χ1v) is 21.5. The van der Waals surface area contributed by atoms with E-state index >= 15 is 8.78 Å². The number of hydrogen-bond donors (Lipinski definition) is 4. The number of piperazine rings is 1. The Bertz CT molecular complexity index is 1950. The van der Waals surface area contributed by atoms with Crippen LogP contribution in [0.1, 0.15) is 79.2 Å². The fourth-order valence-corrected chi connectivity index (χ4v) is 8.82. The molecule has 16 nitrogen and oxygen atoms in total. The smallest absolute Gasteiger partial charge is 0.407 e. The van der Waals surface area contributed by atoms with Crippen LogP contribution in [-0.2, 0) is 30.2 Å². The van der Waals surface area contributed by atoms with Gasteiger partial charge < -0.3 is 40.5 Å². The second-order valence-electron chi connectivity index (χ2n) is 17.0. The zero-order valence-corrected chi connectivity index (χ0v) is 35.9. The topological polar surface area (TPSA) is 192 Å². The van der Waals surface area contributed by atoms with Gasteiger partial charge in [-0.1, -0.05) is 11.6 Å². The Labute approximate surface area is 349 Å².